The summed E-state index contributed by atoms with van der Waals surface area (Å²) in [7, 11) is 0. The van der Waals surface area contributed by atoms with Gasteiger partial charge in [0.05, 0.1) is 12.6 Å². The normalized spacial score (nSPS) is 31.8. The highest BCUT2D eigenvalue weighted by atomic mass is 16.5. The lowest BCUT2D eigenvalue weighted by molar-refractivity contribution is 0.117. The second-order valence-corrected chi connectivity index (χ2v) is 6.21. The summed E-state index contributed by atoms with van der Waals surface area (Å²) in [5, 5.41) is 6.95. The van der Waals surface area contributed by atoms with E-state index in [4.69, 9.17) is 9.73 Å². The summed E-state index contributed by atoms with van der Waals surface area (Å²) in [4.78, 5) is 7.32. The predicted octanol–water partition coefficient (Wildman–Crippen LogP) is 0.957. The average molecular weight is 280 g/mol. The van der Waals surface area contributed by atoms with Gasteiger partial charge < -0.3 is 15.4 Å². The van der Waals surface area contributed by atoms with E-state index in [-0.39, 0.29) is 0 Å². The molecule has 2 atom stereocenters. The summed E-state index contributed by atoms with van der Waals surface area (Å²) in [5.41, 5.74) is 0. The molecule has 20 heavy (non-hydrogen) atoms. The van der Waals surface area contributed by atoms with Crippen LogP contribution in [-0.4, -0.2) is 61.8 Å². The summed E-state index contributed by atoms with van der Waals surface area (Å²) in [6, 6.07) is 1.44. The molecular formula is C15H28N4O. The molecule has 0 bridgehead atoms. The van der Waals surface area contributed by atoms with Crippen LogP contribution in [0.5, 0.6) is 0 Å². The van der Waals surface area contributed by atoms with E-state index < -0.39 is 0 Å². The number of hydrogen-bond donors (Lipinski definition) is 2. The number of guanidine groups is 1. The maximum atomic E-state index is 5.64. The molecule has 0 spiro atoms. The van der Waals surface area contributed by atoms with Crippen LogP contribution in [0.25, 0.3) is 0 Å². The monoisotopic (exact) mass is 280 g/mol. The first-order valence-electron chi connectivity index (χ1n) is 8.25. The lowest BCUT2D eigenvalue weighted by Crippen LogP contribution is -2.45. The van der Waals surface area contributed by atoms with Crippen LogP contribution in [0.1, 0.15) is 39.0 Å². The van der Waals surface area contributed by atoms with E-state index in [0.717, 1.165) is 38.1 Å². The summed E-state index contributed by atoms with van der Waals surface area (Å²) in [5.74, 6) is 0.964. The topological polar surface area (TPSA) is 48.9 Å². The molecule has 1 saturated carbocycles. The van der Waals surface area contributed by atoms with Gasteiger partial charge in [0.1, 0.15) is 0 Å². The molecule has 0 radical (unpaired) electrons. The van der Waals surface area contributed by atoms with E-state index in [2.05, 4.69) is 22.5 Å². The molecule has 2 saturated heterocycles. The van der Waals surface area contributed by atoms with Crippen molar-refractivity contribution in [2.24, 2.45) is 4.99 Å². The van der Waals surface area contributed by atoms with E-state index in [1.54, 1.807) is 0 Å². The molecule has 3 fully saturated rings. The van der Waals surface area contributed by atoms with Crippen molar-refractivity contribution >= 4 is 5.96 Å². The molecule has 5 nitrogen and oxygen atoms in total. The maximum Gasteiger partial charge on any atom is 0.191 e. The molecule has 0 amide bonds. The van der Waals surface area contributed by atoms with Gasteiger partial charge in [0.2, 0.25) is 0 Å². The number of ether oxygens (including phenoxy) is 1. The van der Waals surface area contributed by atoms with Gasteiger partial charge in [0, 0.05) is 38.3 Å². The van der Waals surface area contributed by atoms with Crippen molar-refractivity contribution in [1.82, 2.24) is 15.5 Å². The van der Waals surface area contributed by atoms with Crippen LogP contribution in [-0.2, 0) is 4.74 Å². The molecule has 3 rings (SSSR count). The number of likely N-dealkylation sites (tertiary alicyclic amines) is 1. The third kappa shape index (κ3) is 3.85. The highest BCUT2D eigenvalue weighted by molar-refractivity contribution is 5.80. The first-order chi connectivity index (χ1) is 9.85. The summed E-state index contributed by atoms with van der Waals surface area (Å²) in [6.07, 6.45) is 6.71. The van der Waals surface area contributed by atoms with Gasteiger partial charge in [-0.05, 0) is 39.0 Å². The maximum absolute atomic E-state index is 5.64. The van der Waals surface area contributed by atoms with Crippen molar-refractivity contribution in [3.63, 3.8) is 0 Å². The van der Waals surface area contributed by atoms with Crippen LogP contribution in [0.2, 0.25) is 0 Å². The van der Waals surface area contributed by atoms with Crippen LogP contribution >= 0.6 is 0 Å². The zero-order valence-electron chi connectivity index (χ0n) is 12.6. The van der Waals surface area contributed by atoms with E-state index in [9.17, 15) is 0 Å². The van der Waals surface area contributed by atoms with E-state index in [0.29, 0.717) is 12.1 Å². The van der Waals surface area contributed by atoms with Gasteiger partial charge in [-0.3, -0.25) is 9.89 Å². The summed E-state index contributed by atoms with van der Waals surface area (Å²) < 4.78 is 5.64. The number of nitrogens with one attached hydrogen (secondary N) is 2. The van der Waals surface area contributed by atoms with Gasteiger partial charge in [0.15, 0.2) is 5.96 Å². The Bertz CT molecular complexity index is 337. The molecule has 2 unspecified atom stereocenters. The SMILES string of the molecule is CCNC(=NCC1CCCO1)NC1CCN(C2CC2)C1. The Morgan fingerprint density at radius 2 is 2.20 bits per heavy atom. The lowest BCUT2D eigenvalue weighted by Gasteiger charge is -2.19. The molecule has 2 N–H and O–H groups in total. The Morgan fingerprint density at radius 3 is 2.90 bits per heavy atom. The van der Waals surface area contributed by atoms with E-state index in [1.807, 2.05) is 0 Å². The largest absolute Gasteiger partial charge is 0.376 e. The average Bonchev–Trinajstić information content (AvgIpc) is 2.99. The number of hydrogen-bond acceptors (Lipinski definition) is 3. The van der Waals surface area contributed by atoms with Crippen LogP contribution in [0.3, 0.4) is 0 Å². The molecule has 2 heterocycles. The number of rotatable bonds is 5. The zero-order chi connectivity index (χ0) is 13.8. The van der Waals surface area contributed by atoms with E-state index >= 15 is 0 Å². The Hall–Kier alpha value is -0.810. The number of aliphatic imine (C=N–C) groups is 1. The molecule has 0 aromatic rings. The molecule has 1 aliphatic carbocycles. The number of nitrogens with zero attached hydrogens (tertiary/aromatic N) is 2. The Kier molecular flexibility index (Phi) is 4.78. The molecule has 2 aliphatic heterocycles. The predicted molar refractivity (Wildman–Crippen MR) is 81.1 cm³/mol. The van der Waals surface area contributed by atoms with Crippen LogP contribution in [0.4, 0.5) is 0 Å². The van der Waals surface area contributed by atoms with Gasteiger partial charge in [-0.25, -0.2) is 0 Å². The van der Waals surface area contributed by atoms with Crippen LogP contribution in [0, 0.1) is 0 Å². The summed E-state index contributed by atoms with van der Waals surface area (Å²) >= 11 is 0. The van der Waals surface area contributed by atoms with E-state index in [1.165, 1.54) is 38.8 Å². The van der Waals surface area contributed by atoms with Crippen molar-refractivity contribution in [2.75, 3.05) is 32.8 Å². The summed E-state index contributed by atoms with van der Waals surface area (Å²) in [6.45, 7) is 7.14. The fraction of sp³-hybridized carbons (Fsp3) is 0.933. The fourth-order valence-electron chi connectivity index (χ4n) is 3.17. The Labute approximate surface area is 122 Å². The molecule has 3 aliphatic rings. The molecular weight excluding hydrogens is 252 g/mol. The second-order valence-electron chi connectivity index (χ2n) is 6.21. The van der Waals surface area contributed by atoms with Crippen molar-refractivity contribution in [3.8, 4) is 0 Å². The van der Waals surface area contributed by atoms with Gasteiger partial charge in [0.25, 0.3) is 0 Å². The fourth-order valence-corrected chi connectivity index (χ4v) is 3.17. The second kappa shape index (κ2) is 6.76. The van der Waals surface area contributed by atoms with Gasteiger partial charge in [-0.1, -0.05) is 0 Å². The zero-order valence-corrected chi connectivity index (χ0v) is 12.6. The van der Waals surface area contributed by atoms with Crippen molar-refractivity contribution in [1.29, 1.82) is 0 Å². The standard InChI is InChI=1S/C15H28N4O/c1-2-16-15(17-10-14-4-3-9-20-14)18-12-7-8-19(11-12)13-5-6-13/h12-14H,2-11H2,1H3,(H2,16,17,18). The molecule has 0 aromatic heterocycles. The minimum absolute atomic E-state index is 0.331. The quantitative estimate of drug-likeness (QED) is 0.582. The van der Waals surface area contributed by atoms with Gasteiger partial charge in [-0.2, -0.15) is 0 Å². The minimum atomic E-state index is 0.331. The highest BCUT2D eigenvalue weighted by Gasteiger charge is 2.34. The lowest BCUT2D eigenvalue weighted by atomic mass is 10.2. The van der Waals surface area contributed by atoms with Crippen molar-refractivity contribution < 1.29 is 4.74 Å². The highest BCUT2D eigenvalue weighted by Crippen LogP contribution is 2.29. The van der Waals surface area contributed by atoms with Gasteiger partial charge >= 0.3 is 0 Å². The molecule has 114 valence electrons. The van der Waals surface area contributed by atoms with Gasteiger partial charge in [-0.15, -0.1) is 0 Å². The Morgan fingerprint density at radius 1 is 1.30 bits per heavy atom. The third-order valence-electron chi connectivity index (χ3n) is 4.45. The first kappa shape index (κ1) is 14.1. The minimum Gasteiger partial charge on any atom is -0.376 e. The smallest absolute Gasteiger partial charge is 0.191 e. The Balaban J connectivity index is 1.46. The van der Waals surface area contributed by atoms with Crippen LogP contribution < -0.4 is 10.6 Å². The van der Waals surface area contributed by atoms with Crippen LogP contribution in [0.15, 0.2) is 4.99 Å². The first-order valence-corrected chi connectivity index (χ1v) is 8.25. The molecule has 5 heteroatoms. The van der Waals surface area contributed by atoms with Crippen molar-refractivity contribution in [3.05, 3.63) is 0 Å². The molecule has 0 aromatic carbocycles. The van der Waals surface area contributed by atoms with Crippen molar-refractivity contribution in [2.45, 2.75) is 57.2 Å². The third-order valence-corrected chi connectivity index (χ3v) is 4.45.